The fourth-order valence-electron chi connectivity index (χ4n) is 1.88. The maximum Gasteiger partial charge on any atom is 0.223 e. The number of amides is 1. The molecule has 0 spiro atoms. The van der Waals surface area contributed by atoms with Crippen molar-refractivity contribution in [3.8, 4) is 0 Å². The van der Waals surface area contributed by atoms with Gasteiger partial charge in [-0.15, -0.1) is 11.3 Å². The molecule has 0 aliphatic carbocycles. The first-order valence-corrected chi connectivity index (χ1v) is 7.46. The zero-order chi connectivity index (χ0) is 12.5. The molecule has 1 heterocycles. The van der Waals surface area contributed by atoms with E-state index in [1.54, 1.807) is 11.3 Å². The van der Waals surface area contributed by atoms with E-state index in [1.807, 2.05) is 0 Å². The monoisotopic (exact) mass is 253 g/mol. The summed E-state index contributed by atoms with van der Waals surface area (Å²) in [5.74, 6) is 0.441. The normalized spacial score (nSPS) is 12.4. The van der Waals surface area contributed by atoms with Gasteiger partial charge in [-0.3, -0.25) is 4.79 Å². The van der Waals surface area contributed by atoms with Crippen molar-refractivity contribution in [3.05, 3.63) is 22.4 Å². The second-order valence-corrected chi connectivity index (χ2v) is 5.40. The maximum absolute atomic E-state index is 11.9. The Morgan fingerprint density at radius 2 is 2.29 bits per heavy atom. The van der Waals surface area contributed by atoms with Crippen molar-refractivity contribution in [1.29, 1.82) is 0 Å². The summed E-state index contributed by atoms with van der Waals surface area (Å²) in [7, 11) is 0. The van der Waals surface area contributed by atoms with Crippen LogP contribution in [0.2, 0.25) is 0 Å². The van der Waals surface area contributed by atoms with Crippen LogP contribution in [0, 0.1) is 5.92 Å². The molecular weight excluding hydrogens is 230 g/mol. The lowest BCUT2D eigenvalue weighted by Gasteiger charge is -2.14. The molecule has 2 nitrogen and oxygen atoms in total. The number of hydrogen-bond acceptors (Lipinski definition) is 2. The maximum atomic E-state index is 11.9. The van der Waals surface area contributed by atoms with E-state index in [2.05, 4.69) is 36.7 Å². The minimum Gasteiger partial charge on any atom is -0.356 e. The van der Waals surface area contributed by atoms with E-state index >= 15 is 0 Å². The molecule has 1 atom stereocenters. The third-order valence-electron chi connectivity index (χ3n) is 3.02. The number of thiophene rings is 1. The Kier molecular flexibility index (Phi) is 6.94. The standard InChI is InChI=1S/C14H23NOS/c1-3-5-7-12(4-2)14(16)15-10-9-13-8-6-11-17-13/h6,8,11-12H,3-5,7,9-10H2,1-2H3,(H,15,16)/t12-/m0/s1. The van der Waals surface area contributed by atoms with Crippen molar-refractivity contribution in [2.45, 2.75) is 46.0 Å². The van der Waals surface area contributed by atoms with Gasteiger partial charge in [0, 0.05) is 17.3 Å². The Hall–Kier alpha value is -0.830. The summed E-state index contributed by atoms with van der Waals surface area (Å²) in [5, 5.41) is 5.13. The summed E-state index contributed by atoms with van der Waals surface area (Å²) in [6.45, 7) is 5.03. The zero-order valence-electron chi connectivity index (χ0n) is 10.9. The van der Waals surface area contributed by atoms with Crippen LogP contribution >= 0.6 is 11.3 Å². The van der Waals surface area contributed by atoms with Gasteiger partial charge in [0.15, 0.2) is 0 Å². The molecule has 17 heavy (non-hydrogen) atoms. The highest BCUT2D eigenvalue weighted by atomic mass is 32.1. The minimum atomic E-state index is 0.207. The van der Waals surface area contributed by atoms with Crippen LogP contribution in [0.1, 0.15) is 44.4 Å². The topological polar surface area (TPSA) is 29.1 Å². The predicted octanol–water partition coefficient (Wildman–Crippen LogP) is 3.62. The minimum absolute atomic E-state index is 0.207. The van der Waals surface area contributed by atoms with E-state index in [-0.39, 0.29) is 11.8 Å². The van der Waals surface area contributed by atoms with Gasteiger partial charge in [-0.1, -0.05) is 32.8 Å². The number of carbonyl (C=O) groups is 1. The quantitative estimate of drug-likeness (QED) is 0.753. The molecule has 0 aromatic carbocycles. The number of hydrogen-bond donors (Lipinski definition) is 1. The van der Waals surface area contributed by atoms with Crippen molar-refractivity contribution >= 4 is 17.2 Å². The molecule has 0 unspecified atom stereocenters. The summed E-state index contributed by atoms with van der Waals surface area (Å²) in [5.41, 5.74) is 0. The van der Waals surface area contributed by atoms with Gasteiger partial charge in [0.1, 0.15) is 0 Å². The van der Waals surface area contributed by atoms with Gasteiger partial charge in [-0.05, 0) is 30.7 Å². The van der Waals surface area contributed by atoms with Gasteiger partial charge >= 0.3 is 0 Å². The third-order valence-corrected chi connectivity index (χ3v) is 3.96. The van der Waals surface area contributed by atoms with E-state index in [1.165, 1.54) is 11.3 Å². The van der Waals surface area contributed by atoms with Gasteiger partial charge in [0.05, 0.1) is 0 Å². The van der Waals surface area contributed by atoms with Crippen molar-refractivity contribution in [2.24, 2.45) is 5.92 Å². The number of rotatable bonds is 8. The van der Waals surface area contributed by atoms with Gasteiger partial charge in [-0.2, -0.15) is 0 Å². The Bertz CT molecular complexity index is 308. The summed E-state index contributed by atoms with van der Waals surface area (Å²) in [6, 6.07) is 4.17. The summed E-state index contributed by atoms with van der Waals surface area (Å²) in [4.78, 5) is 13.2. The lowest BCUT2D eigenvalue weighted by Crippen LogP contribution is -2.31. The summed E-state index contributed by atoms with van der Waals surface area (Å²) >= 11 is 1.75. The average molecular weight is 253 g/mol. The number of unbranched alkanes of at least 4 members (excludes halogenated alkanes) is 1. The molecule has 0 bridgehead atoms. The summed E-state index contributed by atoms with van der Waals surface area (Å²) in [6.07, 6.45) is 5.24. The third kappa shape index (κ3) is 5.35. The zero-order valence-corrected chi connectivity index (χ0v) is 11.7. The molecule has 1 aromatic rings. The molecule has 0 fully saturated rings. The molecule has 1 aromatic heterocycles. The fourth-order valence-corrected chi connectivity index (χ4v) is 2.59. The van der Waals surface area contributed by atoms with Crippen LogP contribution in [0.15, 0.2) is 17.5 Å². The van der Waals surface area contributed by atoms with Crippen LogP contribution in [0.3, 0.4) is 0 Å². The van der Waals surface area contributed by atoms with Crippen LogP contribution < -0.4 is 5.32 Å². The molecule has 0 saturated carbocycles. The van der Waals surface area contributed by atoms with Crippen molar-refractivity contribution in [2.75, 3.05) is 6.54 Å². The van der Waals surface area contributed by atoms with E-state index in [9.17, 15) is 4.79 Å². The molecule has 96 valence electrons. The smallest absolute Gasteiger partial charge is 0.223 e. The first kappa shape index (κ1) is 14.2. The van der Waals surface area contributed by atoms with Crippen LogP contribution in [0.5, 0.6) is 0 Å². The van der Waals surface area contributed by atoms with E-state index < -0.39 is 0 Å². The number of carbonyl (C=O) groups excluding carboxylic acids is 1. The van der Waals surface area contributed by atoms with Gasteiger partial charge in [0.25, 0.3) is 0 Å². The molecular formula is C14H23NOS. The lowest BCUT2D eigenvalue weighted by molar-refractivity contribution is -0.125. The Morgan fingerprint density at radius 3 is 2.88 bits per heavy atom. The van der Waals surface area contributed by atoms with E-state index in [4.69, 9.17) is 0 Å². The van der Waals surface area contributed by atoms with Crippen molar-refractivity contribution in [1.82, 2.24) is 5.32 Å². The highest BCUT2D eigenvalue weighted by Crippen LogP contribution is 2.13. The van der Waals surface area contributed by atoms with Crippen LogP contribution in [-0.2, 0) is 11.2 Å². The average Bonchev–Trinajstić information content (AvgIpc) is 2.83. The number of nitrogens with one attached hydrogen (secondary N) is 1. The van der Waals surface area contributed by atoms with Crippen molar-refractivity contribution in [3.63, 3.8) is 0 Å². The molecule has 1 N–H and O–H groups in total. The fraction of sp³-hybridized carbons (Fsp3) is 0.643. The predicted molar refractivity (Wildman–Crippen MR) is 74.3 cm³/mol. The first-order valence-electron chi connectivity index (χ1n) is 6.58. The van der Waals surface area contributed by atoms with Gasteiger partial charge in [0.2, 0.25) is 5.91 Å². The molecule has 0 aliphatic rings. The SMILES string of the molecule is CCCC[C@H](CC)C(=O)NCCc1cccs1. The molecule has 0 aliphatic heterocycles. The van der Waals surface area contributed by atoms with Gasteiger partial charge in [-0.25, -0.2) is 0 Å². The largest absolute Gasteiger partial charge is 0.356 e. The van der Waals surface area contributed by atoms with Gasteiger partial charge < -0.3 is 5.32 Å². The molecule has 0 saturated heterocycles. The van der Waals surface area contributed by atoms with Crippen LogP contribution in [0.4, 0.5) is 0 Å². The van der Waals surface area contributed by atoms with Crippen LogP contribution in [-0.4, -0.2) is 12.5 Å². The highest BCUT2D eigenvalue weighted by molar-refractivity contribution is 7.09. The highest BCUT2D eigenvalue weighted by Gasteiger charge is 2.14. The molecule has 3 heteroatoms. The lowest BCUT2D eigenvalue weighted by atomic mass is 9.98. The van der Waals surface area contributed by atoms with E-state index in [0.29, 0.717) is 0 Å². The Balaban J connectivity index is 2.22. The first-order chi connectivity index (χ1) is 8.27. The molecule has 0 radical (unpaired) electrons. The van der Waals surface area contributed by atoms with E-state index in [0.717, 1.165) is 32.2 Å². The second-order valence-electron chi connectivity index (χ2n) is 4.37. The molecule has 1 rings (SSSR count). The second kappa shape index (κ2) is 8.29. The Labute approximate surface area is 108 Å². The summed E-state index contributed by atoms with van der Waals surface area (Å²) < 4.78 is 0. The van der Waals surface area contributed by atoms with Crippen LogP contribution in [0.25, 0.3) is 0 Å². The van der Waals surface area contributed by atoms with Crippen molar-refractivity contribution < 1.29 is 4.79 Å². The molecule has 1 amide bonds. The Morgan fingerprint density at radius 1 is 1.47 bits per heavy atom.